The summed E-state index contributed by atoms with van der Waals surface area (Å²) in [5.74, 6) is 0.363. The molecule has 1 aliphatic heterocycles. The van der Waals surface area contributed by atoms with Crippen LogP contribution in [0, 0.1) is 16.0 Å². The van der Waals surface area contributed by atoms with Crippen molar-refractivity contribution in [1.82, 2.24) is 20.2 Å². The van der Waals surface area contributed by atoms with E-state index >= 15 is 0 Å². The summed E-state index contributed by atoms with van der Waals surface area (Å²) in [5.41, 5.74) is -0.525. The average Bonchev–Trinajstić information content (AvgIpc) is 2.62. The molecule has 0 radical (unpaired) electrons. The Morgan fingerprint density at radius 2 is 1.89 bits per heavy atom. The lowest BCUT2D eigenvalue weighted by Crippen LogP contribution is -2.38. The van der Waals surface area contributed by atoms with Gasteiger partial charge in [-0.05, 0) is 37.4 Å². The number of benzene rings is 1. The summed E-state index contributed by atoms with van der Waals surface area (Å²) >= 11 is 0. The van der Waals surface area contributed by atoms with E-state index < -0.39 is 16.0 Å². The second-order valence-electron chi connectivity index (χ2n) is 6.85. The van der Waals surface area contributed by atoms with Gasteiger partial charge in [0.05, 0.1) is 16.0 Å². The number of halogens is 1. The number of hydrogen-bond donors (Lipinski definition) is 3. The van der Waals surface area contributed by atoms with Crippen molar-refractivity contribution in [1.29, 1.82) is 0 Å². The maximum absolute atomic E-state index is 11.7. The van der Waals surface area contributed by atoms with Gasteiger partial charge >= 0.3 is 11.1 Å². The Balaban J connectivity index is 0.00000280. The third-order valence-electron chi connectivity index (χ3n) is 4.85. The molecule has 0 unspecified atom stereocenters. The molecule has 0 saturated carbocycles. The summed E-state index contributed by atoms with van der Waals surface area (Å²) in [6.45, 7) is 4.13. The van der Waals surface area contributed by atoms with Gasteiger partial charge in [-0.15, -0.1) is 17.0 Å². The van der Waals surface area contributed by atoms with Gasteiger partial charge in [-0.3, -0.25) is 29.4 Å². The maximum Gasteiger partial charge on any atom is 0.314 e. The van der Waals surface area contributed by atoms with Gasteiger partial charge in [0.15, 0.2) is 0 Å². The molecule has 1 saturated heterocycles. The zero-order valence-electron chi connectivity index (χ0n) is 15.3. The van der Waals surface area contributed by atoms with E-state index in [4.69, 9.17) is 0 Å². The number of piperidine rings is 1. The molecule has 1 aromatic heterocycles. The molecule has 0 aliphatic carbocycles. The van der Waals surface area contributed by atoms with Gasteiger partial charge in [0, 0.05) is 32.1 Å². The van der Waals surface area contributed by atoms with Gasteiger partial charge in [-0.25, -0.2) is 0 Å². The van der Waals surface area contributed by atoms with Gasteiger partial charge < -0.3 is 15.3 Å². The van der Waals surface area contributed by atoms with Crippen LogP contribution in [0.3, 0.4) is 0 Å². The van der Waals surface area contributed by atoms with E-state index in [0.717, 1.165) is 25.9 Å². The number of H-pyrrole nitrogens is 2. The zero-order chi connectivity index (χ0) is 19.6. The van der Waals surface area contributed by atoms with Crippen molar-refractivity contribution in [2.24, 2.45) is 5.92 Å². The monoisotopic (exact) mass is 455 g/mol. The molecule has 1 aliphatic rings. The third-order valence-corrected chi connectivity index (χ3v) is 4.85. The highest BCUT2D eigenvalue weighted by molar-refractivity contribution is 8.93. The number of hydrogen-bond acceptors (Lipinski definition) is 6. The number of aromatic amines is 2. The zero-order valence-corrected chi connectivity index (χ0v) is 17.0. The first-order chi connectivity index (χ1) is 12.8. The standard InChI is InChI=1S/C17H21N5O5.BrH/c1-10(23)18-8-11-2-4-21(5-3-11)9-12-6-13(22(26)27)7-14-15(12)20-17(25)16(24)19-14;/h6-7,11H,2-5,8-9H2,1H3,(H,18,23)(H,19,24)(H,20,25);1H. The summed E-state index contributed by atoms with van der Waals surface area (Å²) in [6.07, 6.45) is 1.81. The Bertz CT molecular complexity index is 994. The topological polar surface area (TPSA) is 141 Å². The van der Waals surface area contributed by atoms with Crippen LogP contribution in [0.15, 0.2) is 21.7 Å². The van der Waals surface area contributed by atoms with E-state index in [1.165, 1.54) is 19.1 Å². The SMILES string of the molecule is Br.CC(=O)NCC1CCN(Cc2cc([N+](=O)[O-])cc3[nH]c(=O)c(=O)[nH]c23)CC1. The van der Waals surface area contributed by atoms with Gasteiger partial charge in [-0.1, -0.05) is 0 Å². The first-order valence-electron chi connectivity index (χ1n) is 8.74. The van der Waals surface area contributed by atoms with Crippen molar-refractivity contribution in [3.63, 3.8) is 0 Å². The molecular formula is C17H22BrN5O5. The molecule has 3 N–H and O–H groups in total. The molecule has 1 fully saturated rings. The van der Waals surface area contributed by atoms with Crippen LogP contribution in [0.1, 0.15) is 25.3 Å². The molecular weight excluding hydrogens is 434 g/mol. The fourth-order valence-electron chi connectivity index (χ4n) is 3.39. The van der Waals surface area contributed by atoms with E-state index in [0.29, 0.717) is 30.1 Å². The lowest BCUT2D eigenvalue weighted by molar-refractivity contribution is -0.384. The van der Waals surface area contributed by atoms with Crippen molar-refractivity contribution in [3.05, 3.63) is 48.5 Å². The predicted octanol–water partition coefficient (Wildman–Crippen LogP) is 1.05. The van der Waals surface area contributed by atoms with E-state index in [1.54, 1.807) is 0 Å². The van der Waals surface area contributed by atoms with Crippen molar-refractivity contribution in [2.45, 2.75) is 26.3 Å². The van der Waals surface area contributed by atoms with Crippen molar-refractivity contribution in [2.75, 3.05) is 19.6 Å². The van der Waals surface area contributed by atoms with Gasteiger partial charge in [0.1, 0.15) is 0 Å². The number of carbonyl (C=O) groups excluding carboxylic acids is 1. The number of nitrogens with zero attached hydrogens (tertiary/aromatic N) is 2. The van der Waals surface area contributed by atoms with Crippen molar-refractivity contribution in [3.8, 4) is 0 Å². The molecule has 10 nitrogen and oxygen atoms in total. The Morgan fingerprint density at radius 1 is 1.25 bits per heavy atom. The number of nitro benzene ring substituents is 1. The smallest absolute Gasteiger partial charge is 0.314 e. The summed E-state index contributed by atoms with van der Waals surface area (Å²) in [7, 11) is 0. The normalized spacial score (nSPS) is 15.2. The largest absolute Gasteiger partial charge is 0.356 e. The molecule has 152 valence electrons. The van der Waals surface area contributed by atoms with E-state index in [1.807, 2.05) is 0 Å². The molecule has 1 amide bonds. The molecule has 3 rings (SSSR count). The van der Waals surface area contributed by atoms with Gasteiger partial charge in [0.25, 0.3) is 5.69 Å². The van der Waals surface area contributed by atoms with Crippen molar-refractivity contribution < 1.29 is 9.72 Å². The molecule has 11 heteroatoms. The first-order valence-corrected chi connectivity index (χ1v) is 8.74. The predicted molar refractivity (Wildman–Crippen MR) is 109 cm³/mol. The Kier molecular flexibility index (Phi) is 7.08. The molecule has 0 atom stereocenters. The van der Waals surface area contributed by atoms with Crippen LogP contribution in [0.25, 0.3) is 11.0 Å². The molecule has 28 heavy (non-hydrogen) atoms. The van der Waals surface area contributed by atoms with Crippen LogP contribution in [-0.4, -0.2) is 45.3 Å². The highest BCUT2D eigenvalue weighted by atomic mass is 79.9. The fourth-order valence-corrected chi connectivity index (χ4v) is 3.39. The Hall–Kier alpha value is -2.53. The van der Waals surface area contributed by atoms with E-state index in [-0.39, 0.29) is 34.1 Å². The highest BCUT2D eigenvalue weighted by Gasteiger charge is 2.21. The minimum absolute atomic E-state index is 0. The number of likely N-dealkylation sites (tertiary alicyclic amines) is 1. The number of rotatable bonds is 5. The lowest BCUT2D eigenvalue weighted by Gasteiger charge is -2.32. The number of amides is 1. The van der Waals surface area contributed by atoms with Gasteiger partial charge in [0.2, 0.25) is 5.91 Å². The molecule has 2 heterocycles. The summed E-state index contributed by atoms with van der Waals surface area (Å²) in [4.78, 5) is 52.0. The molecule has 0 spiro atoms. The van der Waals surface area contributed by atoms with E-state index in [2.05, 4.69) is 20.2 Å². The minimum Gasteiger partial charge on any atom is -0.356 e. The highest BCUT2D eigenvalue weighted by Crippen LogP contribution is 2.25. The maximum atomic E-state index is 11.7. The number of nitrogens with one attached hydrogen (secondary N) is 3. The second kappa shape index (κ2) is 9.11. The number of carbonyl (C=O) groups is 1. The number of fused-ring (bicyclic) bond motifs is 1. The molecule has 2 aromatic rings. The van der Waals surface area contributed by atoms with Crippen LogP contribution in [0.4, 0.5) is 5.69 Å². The van der Waals surface area contributed by atoms with Crippen LogP contribution in [0.5, 0.6) is 0 Å². The summed E-state index contributed by atoms with van der Waals surface area (Å²) < 4.78 is 0. The van der Waals surface area contributed by atoms with Crippen molar-refractivity contribution >= 4 is 39.6 Å². The summed E-state index contributed by atoms with van der Waals surface area (Å²) in [5, 5.41) is 14.0. The number of nitro groups is 1. The van der Waals surface area contributed by atoms with Gasteiger partial charge in [-0.2, -0.15) is 0 Å². The quantitative estimate of drug-likeness (QED) is 0.349. The Labute approximate surface area is 170 Å². The molecule has 1 aromatic carbocycles. The minimum atomic E-state index is -0.840. The van der Waals surface area contributed by atoms with Crippen LogP contribution >= 0.6 is 17.0 Å². The first kappa shape index (κ1) is 21.8. The fraction of sp³-hybridized carbons (Fsp3) is 0.471. The molecule has 0 bridgehead atoms. The second-order valence-corrected chi connectivity index (χ2v) is 6.85. The third kappa shape index (κ3) is 5.04. The Morgan fingerprint density at radius 3 is 2.50 bits per heavy atom. The van der Waals surface area contributed by atoms with Crippen LogP contribution in [-0.2, 0) is 11.3 Å². The van der Waals surface area contributed by atoms with E-state index in [9.17, 15) is 24.5 Å². The lowest BCUT2D eigenvalue weighted by atomic mass is 9.96. The summed E-state index contributed by atoms with van der Waals surface area (Å²) in [6, 6.07) is 2.68. The average molecular weight is 456 g/mol. The number of non-ortho nitro benzene ring substituents is 1. The van der Waals surface area contributed by atoms with Crippen LogP contribution in [0.2, 0.25) is 0 Å². The van der Waals surface area contributed by atoms with Crippen LogP contribution < -0.4 is 16.4 Å². The number of aromatic nitrogens is 2.